The molecule has 0 fully saturated rings. The van der Waals surface area contributed by atoms with E-state index < -0.39 is 0 Å². The second kappa shape index (κ2) is 7.26. The largest absolute Gasteiger partial charge is 0.507 e. The molecule has 21 heavy (non-hydrogen) atoms. The summed E-state index contributed by atoms with van der Waals surface area (Å²) in [5, 5.41) is 10.5. The number of thiocarbonyl (C=S) groups is 1. The van der Waals surface area contributed by atoms with Gasteiger partial charge in [0.25, 0.3) is 0 Å². The second-order valence-electron chi connectivity index (χ2n) is 6.69. The Bertz CT molecular complexity index is 503. The molecule has 0 saturated heterocycles. The summed E-state index contributed by atoms with van der Waals surface area (Å²) < 4.78 is 0. The van der Waals surface area contributed by atoms with Gasteiger partial charge in [0.15, 0.2) is 0 Å². The molecule has 0 spiro atoms. The van der Waals surface area contributed by atoms with Gasteiger partial charge in [-0.05, 0) is 42.4 Å². The Hall–Kier alpha value is -1.09. The van der Waals surface area contributed by atoms with Crippen LogP contribution in [0.3, 0.4) is 0 Å². The van der Waals surface area contributed by atoms with Crippen molar-refractivity contribution in [3.05, 3.63) is 28.8 Å². The highest BCUT2D eigenvalue weighted by Gasteiger charge is 2.19. The summed E-state index contributed by atoms with van der Waals surface area (Å²) in [6.07, 6.45) is 1.89. The first-order valence-electron chi connectivity index (χ1n) is 7.81. The zero-order valence-corrected chi connectivity index (χ0v) is 15.1. The van der Waals surface area contributed by atoms with Gasteiger partial charge in [0.05, 0.1) is 4.99 Å². The van der Waals surface area contributed by atoms with Gasteiger partial charge in [-0.15, -0.1) is 0 Å². The lowest BCUT2D eigenvalue weighted by atomic mass is 9.84. The summed E-state index contributed by atoms with van der Waals surface area (Å²) in [6.45, 7) is 14.4. The van der Waals surface area contributed by atoms with Gasteiger partial charge in [0.2, 0.25) is 0 Å². The van der Waals surface area contributed by atoms with Gasteiger partial charge >= 0.3 is 0 Å². The number of rotatable bonds is 5. The van der Waals surface area contributed by atoms with Crippen LogP contribution in [0.4, 0.5) is 0 Å². The summed E-state index contributed by atoms with van der Waals surface area (Å²) in [5.41, 5.74) is 3.35. The number of phenols is 1. The highest BCUT2D eigenvalue weighted by atomic mass is 32.1. The van der Waals surface area contributed by atoms with Crippen LogP contribution in [0, 0.1) is 0 Å². The standard InChI is InChI=1S/C18H29NOS/c1-7-9-19(13(3)21)12-15-11-16(18(4,5)6)10-14(8-2)17(15)20/h10-11,20H,7-9,12H2,1-6H3. The number of nitrogens with zero attached hydrogens (tertiary/aromatic N) is 1. The Morgan fingerprint density at radius 3 is 2.19 bits per heavy atom. The average Bonchev–Trinajstić information content (AvgIpc) is 2.38. The molecule has 0 radical (unpaired) electrons. The number of aromatic hydroxyl groups is 1. The Morgan fingerprint density at radius 1 is 1.19 bits per heavy atom. The van der Waals surface area contributed by atoms with E-state index in [2.05, 4.69) is 51.7 Å². The Morgan fingerprint density at radius 2 is 1.76 bits per heavy atom. The van der Waals surface area contributed by atoms with Crippen molar-refractivity contribution in [1.82, 2.24) is 4.90 Å². The van der Waals surface area contributed by atoms with Crippen molar-refractivity contribution in [2.45, 2.75) is 66.3 Å². The molecular formula is C18H29NOS. The molecule has 0 aliphatic heterocycles. The SMILES string of the molecule is CCCN(Cc1cc(C(C)(C)C)cc(CC)c1O)C(C)=S. The van der Waals surface area contributed by atoms with Gasteiger partial charge in [0.1, 0.15) is 5.75 Å². The normalized spacial score (nSPS) is 11.5. The Labute approximate surface area is 135 Å². The van der Waals surface area contributed by atoms with Crippen LogP contribution >= 0.6 is 12.2 Å². The molecule has 0 unspecified atom stereocenters. The minimum atomic E-state index is 0.0781. The van der Waals surface area contributed by atoms with Crippen LogP contribution < -0.4 is 0 Å². The number of hydrogen-bond donors (Lipinski definition) is 1. The summed E-state index contributed by atoms with van der Waals surface area (Å²) in [6, 6.07) is 4.27. The number of benzene rings is 1. The molecule has 0 atom stereocenters. The van der Waals surface area contributed by atoms with E-state index in [4.69, 9.17) is 12.2 Å². The fourth-order valence-electron chi connectivity index (χ4n) is 2.41. The van der Waals surface area contributed by atoms with Crippen LogP contribution in [0.2, 0.25) is 0 Å². The van der Waals surface area contributed by atoms with E-state index in [1.165, 1.54) is 5.56 Å². The molecule has 118 valence electrons. The zero-order valence-electron chi connectivity index (χ0n) is 14.3. The highest BCUT2D eigenvalue weighted by molar-refractivity contribution is 7.80. The van der Waals surface area contributed by atoms with Crippen molar-refractivity contribution in [2.24, 2.45) is 0 Å². The van der Waals surface area contributed by atoms with E-state index in [1.54, 1.807) is 0 Å². The third-order valence-electron chi connectivity index (χ3n) is 3.81. The lowest BCUT2D eigenvalue weighted by Crippen LogP contribution is -2.28. The van der Waals surface area contributed by atoms with Crippen LogP contribution in [0.1, 0.15) is 64.7 Å². The smallest absolute Gasteiger partial charge is 0.123 e. The lowest BCUT2D eigenvalue weighted by Gasteiger charge is -2.26. The van der Waals surface area contributed by atoms with E-state index in [0.717, 1.165) is 35.5 Å². The molecule has 3 heteroatoms. The van der Waals surface area contributed by atoms with E-state index in [0.29, 0.717) is 12.3 Å². The van der Waals surface area contributed by atoms with E-state index in [1.807, 2.05) is 6.92 Å². The summed E-state index contributed by atoms with van der Waals surface area (Å²) >= 11 is 5.34. The van der Waals surface area contributed by atoms with E-state index in [-0.39, 0.29) is 5.41 Å². The van der Waals surface area contributed by atoms with Crippen LogP contribution in [-0.4, -0.2) is 21.5 Å². The molecular weight excluding hydrogens is 278 g/mol. The quantitative estimate of drug-likeness (QED) is 0.790. The zero-order chi connectivity index (χ0) is 16.2. The van der Waals surface area contributed by atoms with Crippen molar-refractivity contribution in [3.63, 3.8) is 0 Å². The maximum Gasteiger partial charge on any atom is 0.123 e. The Balaban J connectivity index is 3.24. The van der Waals surface area contributed by atoms with Crippen LogP contribution in [-0.2, 0) is 18.4 Å². The molecule has 0 aliphatic rings. The second-order valence-corrected chi connectivity index (χ2v) is 7.28. The van der Waals surface area contributed by atoms with Gasteiger partial charge in [-0.1, -0.05) is 52.9 Å². The number of phenolic OH excluding ortho intramolecular Hbond substituents is 1. The monoisotopic (exact) mass is 307 g/mol. The highest BCUT2D eigenvalue weighted by Crippen LogP contribution is 2.32. The molecule has 0 aromatic heterocycles. The molecule has 1 aromatic carbocycles. The van der Waals surface area contributed by atoms with E-state index in [9.17, 15) is 5.11 Å². The first-order valence-corrected chi connectivity index (χ1v) is 8.22. The average molecular weight is 308 g/mol. The molecule has 0 saturated carbocycles. The van der Waals surface area contributed by atoms with Crippen molar-refractivity contribution < 1.29 is 5.11 Å². The van der Waals surface area contributed by atoms with Gasteiger partial charge in [-0.3, -0.25) is 0 Å². The first kappa shape index (κ1) is 18.0. The maximum atomic E-state index is 10.5. The number of aryl methyl sites for hydroxylation is 1. The minimum Gasteiger partial charge on any atom is -0.507 e. The van der Waals surface area contributed by atoms with Crippen LogP contribution in [0.15, 0.2) is 12.1 Å². The molecule has 0 amide bonds. The predicted octanol–water partition coefficient (Wildman–Crippen LogP) is 4.81. The predicted molar refractivity (Wildman–Crippen MR) is 95.2 cm³/mol. The van der Waals surface area contributed by atoms with Crippen molar-refractivity contribution in [1.29, 1.82) is 0 Å². The van der Waals surface area contributed by atoms with E-state index >= 15 is 0 Å². The Kier molecular flexibility index (Phi) is 6.21. The molecule has 1 N–H and O–H groups in total. The molecule has 2 nitrogen and oxygen atoms in total. The van der Waals surface area contributed by atoms with Crippen LogP contribution in [0.5, 0.6) is 5.75 Å². The first-order chi connectivity index (χ1) is 9.70. The molecule has 1 aromatic rings. The lowest BCUT2D eigenvalue weighted by molar-refractivity contribution is 0.396. The number of hydrogen-bond acceptors (Lipinski definition) is 2. The third-order valence-corrected chi connectivity index (χ3v) is 4.07. The summed E-state index contributed by atoms with van der Waals surface area (Å²) in [4.78, 5) is 3.05. The van der Waals surface area contributed by atoms with Gasteiger partial charge < -0.3 is 10.0 Å². The topological polar surface area (TPSA) is 23.5 Å². The van der Waals surface area contributed by atoms with Crippen LogP contribution in [0.25, 0.3) is 0 Å². The fraction of sp³-hybridized carbons (Fsp3) is 0.611. The van der Waals surface area contributed by atoms with Crippen molar-refractivity contribution in [2.75, 3.05) is 6.54 Å². The van der Waals surface area contributed by atoms with Gasteiger partial charge in [-0.25, -0.2) is 0 Å². The minimum absolute atomic E-state index is 0.0781. The summed E-state index contributed by atoms with van der Waals surface area (Å²) in [7, 11) is 0. The van der Waals surface area contributed by atoms with Gasteiger partial charge in [-0.2, -0.15) is 0 Å². The van der Waals surface area contributed by atoms with Crippen molar-refractivity contribution in [3.8, 4) is 5.75 Å². The maximum absolute atomic E-state index is 10.5. The fourth-order valence-corrected chi connectivity index (χ4v) is 2.56. The summed E-state index contributed by atoms with van der Waals surface area (Å²) in [5.74, 6) is 0.433. The third kappa shape index (κ3) is 4.70. The molecule has 0 bridgehead atoms. The van der Waals surface area contributed by atoms with Crippen molar-refractivity contribution >= 4 is 17.2 Å². The molecule has 1 rings (SSSR count). The van der Waals surface area contributed by atoms with Gasteiger partial charge in [0, 0.05) is 18.7 Å². The molecule has 0 heterocycles. The molecule has 0 aliphatic carbocycles.